The highest BCUT2D eigenvalue weighted by atomic mass is 16.4. The third-order valence-corrected chi connectivity index (χ3v) is 2.02. The predicted molar refractivity (Wildman–Crippen MR) is 63.2 cm³/mol. The molecule has 2 rings (SSSR count). The number of carbonyl (C=O) groups is 2. The second-order valence-corrected chi connectivity index (χ2v) is 3.41. The van der Waals surface area contributed by atoms with Gasteiger partial charge in [-0.25, -0.2) is 0 Å². The predicted octanol–water partition coefficient (Wildman–Crippen LogP) is 1.18. The van der Waals surface area contributed by atoms with Crippen LogP contribution in [-0.4, -0.2) is 22.6 Å². The summed E-state index contributed by atoms with van der Waals surface area (Å²) < 4.78 is 0. The van der Waals surface area contributed by atoms with Gasteiger partial charge in [-0.05, 0) is 6.08 Å². The summed E-state index contributed by atoms with van der Waals surface area (Å²) in [5, 5.41) is 15.0. The number of carboxylic acids is 1. The van der Waals surface area contributed by atoms with Gasteiger partial charge >= 0.3 is 0 Å². The number of hydrogen-bond donors (Lipinski definition) is 3. The molecule has 0 saturated carbocycles. The molecule has 0 spiro atoms. The van der Waals surface area contributed by atoms with E-state index in [4.69, 9.17) is 21.0 Å². The average molecular weight is 232 g/mol. The SMILES string of the molecule is CC(=O)O.N=C1C=C(N)C(=O)c2ccccc21. The van der Waals surface area contributed by atoms with Gasteiger partial charge in [0.2, 0.25) is 5.78 Å². The number of benzene rings is 1. The van der Waals surface area contributed by atoms with E-state index >= 15 is 0 Å². The smallest absolute Gasteiger partial charge is 0.300 e. The molecule has 1 aliphatic rings. The number of aliphatic carboxylic acids is 1. The third-order valence-electron chi connectivity index (χ3n) is 2.02. The Hall–Kier alpha value is -2.43. The van der Waals surface area contributed by atoms with Crippen molar-refractivity contribution in [1.82, 2.24) is 0 Å². The van der Waals surface area contributed by atoms with Gasteiger partial charge in [-0.2, -0.15) is 0 Å². The van der Waals surface area contributed by atoms with Crippen LogP contribution in [0.3, 0.4) is 0 Å². The lowest BCUT2D eigenvalue weighted by Crippen LogP contribution is -2.21. The van der Waals surface area contributed by atoms with Gasteiger partial charge < -0.3 is 16.2 Å². The lowest BCUT2D eigenvalue weighted by molar-refractivity contribution is -0.134. The summed E-state index contributed by atoms with van der Waals surface area (Å²) in [5.41, 5.74) is 7.07. The molecule has 17 heavy (non-hydrogen) atoms. The van der Waals surface area contributed by atoms with Crippen molar-refractivity contribution in [1.29, 1.82) is 5.41 Å². The maximum absolute atomic E-state index is 11.5. The van der Waals surface area contributed by atoms with Crippen LogP contribution < -0.4 is 5.73 Å². The molecule has 1 aromatic rings. The number of Topliss-reactive ketones (excluding diaryl/α,β-unsaturated/α-hetero) is 1. The lowest BCUT2D eigenvalue weighted by Gasteiger charge is -2.12. The highest BCUT2D eigenvalue weighted by Crippen LogP contribution is 2.18. The van der Waals surface area contributed by atoms with Gasteiger partial charge in [-0.3, -0.25) is 9.59 Å². The Balaban J connectivity index is 0.000000317. The van der Waals surface area contributed by atoms with E-state index in [9.17, 15) is 4.79 Å². The molecule has 0 aromatic heterocycles. The Bertz CT molecular complexity index is 514. The Labute approximate surface area is 98.1 Å². The van der Waals surface area contributed by atoms with E-state index in [1.165, 1.54) is 6.08 Å². The standard InChI is InChI=1S/C10H8N2O.C2H4O2/c11-8-5-9(12)10(13)7-4-2-1-3-6(7)8;1-2(3)4/h1-5,11H,12H2;1H3,(H,3,4). The molecule has 88 valence electrons. The van der Waals surface area contributed by atoms with Crippen molar-refractivity contribution in [3.8, 4) is 0 Å². The topological polar surface area (TPSA) is 104 Å². The van der Waals surface area contributed by atoms with Crippen molar-refractivity contribution in [2.75, 3.05) is 0 Å². The van der Waals surface area contributed by atoms with Gasteiger partial charge in [0.1, 0.15) is 0 Å². The molecule has 0 bridgehead atoms. The van der Waals surface area contributed by atoms with E-state index in [1.807, 2.05) is 0 Å². The molecule has 5 nitrogen and oxygen atoms in total. The number of ketones is 1. The number of hydrogen-bond acceptors (Lipinski definition) is 4. The molecule has 5 heteroatoms. The Kier molecular flexibility index (Phi) is 3.77. The molecule has 0 unspecified atom stereocenters. The van der Waals surface area contributed by atoms with Gasteiger partial charge in [-0.15, -0.1) is 0 Å². The molecule has 0 atom stereocenters. The second-order valence-electron chi connectivity index (χ2n) is 3.41. The van der Waals surface area contributed by atoms with Crippen molar-refractivity contribution in [2.45, 2.75) is 6.92 Å². The first-order valence-electron chi connectivity index (χ1n) is 4.83. The summed E-state index contributed by atoms with van der Waals surface area (Å²) in [6.07, 6.45) is 1.39. The van der Waals surface area contributed by atoms with Crippen LogP contribution in [0.1, 0.15) is 22.8 Å². The average Bonchev–Trinajstić information content (AvgIpc) is 2.25. The minimum atomic E-state index is -0.833. The van der Waals surface area contributed by atoms with Crippen molar-refractivity contribution in [2.24, 2.45) is 5.73 Å². The fourth-order valence-electron chi connectivity index (χ4n) is 1.37. The minimum Gasteiger partial charge on any atom is -0.481 e. The lowest BCUT2D eigenvalue weighted by atomic mass is 9.93. The first-order chi connectivity index (χ1) is 7.93. The van der Waals surface area contributed by atoms with Crippen LogP contribution in [0.5, 0.6) is 0 Å². The van der Waals surface area contributed by atoms with Crippen LogP contribution in [0.25, 0.3) is 0 Å². The van der Waals surface area contributed by atoms with Gasteiger partial charge in [0, 0.05) is 18.1 Å². The van der Waals surface area contributed by atoms with Crippen LogP contribution in [0, 0.1) is 5.41 Å². The number of allylic oxidation sites excluding steroid dienone is 2. The summed E-state index contributed by atoms with van der Waals surface area (Å²) in [6, 6.07) is 7.00. The highest BCUT2D eigenvalue weighted by Gasteiger charge is 2.20. The van der Waals surface area contributed by atoms with Gasteiger partial charge in [-0.1, -0.05) is 24.3 Å². The molecule has 1 aromatic carbocycles. The molecule has 0 amide bonds. The summed E-state index contributed by atoms with van der Waals surface area (Å²) in [5.74, 6) is -1.02. The van der Waals surface area contributed by atoms with Gasteiger partial charge in [0.15, 0.2) is 0 Å². The highest BCUT2D eigenvalue weighted by molar-refractivity contribution is 6.24. The number of fused-ring (bicyclic) bond motifs is 1. The first-order valence-corrected chi connectivity index (χ1v) is 4.83. The molecule has 0 aliphatic heterocycles. The fourth-order valence-corrected chi connectivity index (χ4v) is 1.37. The van der Waals surface area contributed by atoms with Crippen molar-refractivity contribution < 1.29 is 14.7 Å². The van der Waals surface area contributed by atoms with E-state index < -0.39 is 5.97 Å². The number of nitrogens with one attached hydrogen (secondary N) is 1. The minimum absolute atomic E-state index is 0.142. The molecule has 1 aliphatic carbocycles. The number of rotatable bonds is 0. The van der Waals surface area contributed by atoms with E-state index in [1.54, 1.807) is 24.3 Å². The molecular formula is C12H12N2O3. The van der Waals surface area contributed by atoms with E-state index in [0.29, 0.717) is 16.8 Å². The van der Waals surface area contributed by atoms with Crippen LogP contribution in [0.2, 0.25) is 0 Å². The van der Waals surface area contributed by atoms with Crippen LogP contribution >= 0.6 is 0 Å². The maximum Gasteiger partial charge on any atom is 0.300 e. The molecule has 0 radical (unpaired) electrons. The normalized spacial score (nSPS) is 13.1. The van der Waals surface area contributed by atoms with E-state index in [2.05, 4.69) is 0 Å². The van der Waals surface area contributed by atoms with Gasteiger partial charge in [0.05, 0.1) is 11.4 Å². The van der Waals surface area contributed by atoms with Crippen LogP contribution in [0.15, 0.2) is 36.0 Å². The summed E-state index contributed by atoms with van der Waals surface area (Å²) in [6.45, 7) is 1.08. The summed E-state index contributed by atoms with van der Waals surface area (Å²) in [4.78, 5) is 20.5. The first kappa shape index (κ1) is 12.6. The molecule has 0 saturated heterocycles. The monoisotopic (exact) mass is 232 g/mol. The van der Waals surface area contributed by atoms with Gasteiger partial charge in [0.25, 0.3) is 5.97 Å². The molecule has 0 heterocycles. The zero-order chi connectivity index (χ0) is 13.0. The van der Waals surface area contributed by atoms with E-state index in [0.717, 1.165) is 6.92 Å². The molecule has 0 fully saturated rings. The van der Waals surface area contributed by atoms with Crippen molar-refractivity contribution >= 4 is 17.5 Å². The summed E-state index contributed by atoms with van der Waals surface area (Å²) >= 11 is 0. The third kappa shape index (κ3) is 3.01. The zero-order valence-electron chi connectivity index (χ0n) is 9.23. The van der Waals surface area contributed by atoms with Crippen LogP contribution in [0.4, 0.5) is 0 Å². The Morgan fingerprint density at radius 3 is 2.29 bits per heavy atom. The zero-order valence-corrected chi connectivity index (χ0v) is 9.23. The number of carbonyl (C=O) groups excluding carboxylic acids is 1. The Morgan fingerprint density at radius 2 is 1.76 bits per heavy atom. The molecule has 4 N–H and O–H groups in total. The Morgan fingerprint density at radius 1 is 1.29 bits per heavy atom. The van der Waals surface area contributed by atoms with Crippen LogP contribution in [-0.2, 0) is 4.79 Å². The maximum atomic E-state index is 11.5. The number of carboxylic acid groups (broad SMARTS) is 1. The van der Waals surface area contributed by atoms with Crippen molar-refractivity contribution in [3.05, 3.63) is 47.2 Å². The quantitative estimate of drug-likeness (QED) is 0.624. The fraction of sp³-hybridized carbons (Fsp3) is 0.0833. The van der Waals surface area contributed by atoms with Crippen molar-refractivity contribution in [3.63, 3.8) is 0 Å². The molecular weight excluding hydrogens is 220 g/mol. The number of nitrogens with two attached hydrogens (primary N) is 1. The largest absolute Gasteiger partial charge is 0.481 e. The summed E-state index contributed by atoms with van der Waals surface area (Å²) in [7, 11) is 0. The second kappa shape index (κ2) is 5.07. The van der Waals surface area contributed by atoms with E-state index in [-0.39, 0.29) is 11.5 Å².